The van der Waals surface area contributed by atoms with Gasteiger partial charge in [0.2, 0.25) is 11.8 Å². The van der Waals surface area contributed by atoms with Crippen LogP contribution in [0, 0.1) is 23.7 Å². The Hall–Kier alpha value is -1.06. The lowest BCUT2D eigenvalue weighted by Crippen LogP contribution is -2.69. The Bertz CT molecular complexity index is 438. The standard InChI is InChI=1S/C17H28N2O2/c1-10(2)14-15(20)18-17(3,4)16(21)19(14)9-13(11-5-6-11)12-7-8-12/h10-14H,5-9H2,1-4H3,(H,18,20). The molecule has 0 aromatic heterocycles. The molecule has 21 heavy (non-hydrogen) atoms. The van der Waals surface area contributed by atoms with Crippen LogP contribution < -0.4 is 5.32 Å². The molecule has 0 aromatic carbocycles. The van der Waals surface area contributed by atoms with Gasteiger partial charge in [0.1, 0.15) is 11.6 Å². The molecule has 0 radical (unpaired) electrons. The molecule has 118 valence electrons. The van der Waals surface area contributed by atoms with Crippen LogP contribution in [0.2, 0.25) is 0 Å². The van der Waals surface area contributed by atoms with Crippen LogP contribution >= 0.6 is 0 Å². The summed E-state index contributed by atoms with van der Waals surface area (Å²) in [4.78, 5) is 27.2. The molecule has 2 amide bonds. The van der Waals surface area contributed by atoms with Crippen LogP contribution in [0.1, 0.15) is 53.4 Å². The third-order valence-electron chi connectivity index (χ3n) is 5.33. The number of hydrogen-bond acceptors (Lipinski definition) is 2. The number of nitrogens with one attached hydrogen (secondary N) is 1. The average molecular weight is 292 g/mol. The molecule has 1 heterocycles. The molecule has 4 heteroatoms. The quantitative estimate of drug-likeness (QED) is 0.844. The maximum atomic E-state index is 12.8. The molecular weight excluding hydrogens is 264 g/mol. The summed E-state index contributed by atoms with van der Waals surface area (Å²) >= 11 is 0. The van der Waals surface area contributed by atoms with E-state index in [0.29, 0.717) is 5.92 Å². The lowest BCUT2D eigenvalue weighted by atomic mass is 9.88. The summed E-state index contributed by atoms with van der Waals surface area (Å²) in [6.45, 7) is 8.49. The number of piperazine rings is 1. The molecule has 2 aliphatic carbocycles. The van der Waals surface area contributed by atoms with Crippen molar-refractivity contribution in [2.45, 2.75) is 65.0 Å². The largest absolute Gasteiger partial charge is 0.340 e. The highest BCUT2D eigenvalue weighted by Crippen LogP contribution is 2.49. The summed E-state index contributed by atoms with van der Waals surface area (Å²) in [6.07, 6.45) is 5.24. The molecule has 0 spiro atoms. The number of carbonyl (C=O) groups excluding carboxylic acids is 2. The molecule has 0 bridgehead atoms. The zero-order valence-electron chi connectivity index (χ0n) is 13.7. The van der Waals surface area contributed by atoms with Crippen molar-refractivity contribution in [3.05, 3.63) is 0 Å². The third kappa shape index (κ3) is 2.82. The van der Waals surface area contributed by atoms with E-state index in [9.17, 15) is 9.59 Å². The Morgan fingerprint density at radius 2 is 1.67 bits per heavy atom. The predicted molar refractivity (Wildman–Crippen MR) is 81.5 cm³/mol. The third-order valence-corrected chi connectivity index (χ3v) is 5.33. The summed E-state index contributed by atoms with van der Waals surface area (Å²) < 4.78 is 0. The normalized spacial score (nSPS) is 29.2. The summed E-state index contributed by atoms with van der Waals surface area (Å²) in [5.74, 6) is 2.48. The van der Waals surface area contributed by atoms with Crippen LogP contribution in [0.3, 0.4) is 0 Å². The van der Waals surface area contributed by atoms with Crippen molar-refractivity contribution in [3.63, 3.8) is 0 Å². The predicted octanol–water partition coefficient (Wildman–Crippen LogP) is 2.18. The summed E-state index contributed by atoms with van der Waals surface area (Å²) in [5.41, 5.74) is -0.764. The molecule has 3 fully saturated rings. The molecule has 1 unspecified atom stereocenters. The fourth-order valence-corrected chi connectivity index (χ4v) is 3.88. The maximum Gasteiger partial charge on any atom is 0.248 e. The molecule has 4 nitrogen and oxygen atoms in total. The maximum absolute atomic E-state index is 12.8. The van der Waals surface area contributed by atoms with Gasteiger partial charge in [0.25, 0.3) is 0 Å². The first kappa shape index (κ1) is 14.9. The van der Waals surface area contributed by atoms with E-state index >= 15 is 0 Å². The van der Waals surface area contributed by atoms with Crippen molar-refractivity contribution in [2.75, 3.05) is 6.54 Å². The molecule has 0 aromatic rings. The molecule has 2 saturated carbocycles. The highest BCUT2D eigenvalue weighted by molar-refractivity contribution is 5.99. The monoisotopic (exact) mass is 292 g/mol. The Morgan fingerprint density at radius 3 is 2.10 bits per heavy atom. The Kier molecular flexibility index (Phi) is 3.53. The molecule has 3 rings (SSSR count). The van der Waals surface area contributed by atoms with Crippen LogP contribution in [0.4, 0.5) is 0 Å². The van der Waals surface area contributed by atoms with Gasteiger partial charge >= 0.3 is 0 Å². The van der Waals surface area contributed by atoms with Gasteiger partial charge < -0.3 is 10.2 Å². The van der Waals surface area contributed by atoms with E-state index in [2.05, 4.69) is 5.32 Å². The number of nitrogens with zero attached hydrogens (tertiary/aromatic N) is 1. The molecule has 1 N–H and O–H groups in total. The first-order valence-electron chi connectivity index (χ1n) is 8.44. The number of carbonyl (C=O) groups is 2. The van der Waals surface area contributed by atoms with E-state index in [-0.39, 0.29) is 23.8 Å². The summed E-state index contributed by atoms with van der Waals surface area (Å²) in [6, 6.07) is -0.300. The molecule has 3 aliphatic rings. The van der Waals surface area contributed by atoms with E-state index < -0.39 is 5.54 Å². The molecule has 1 atom stereocenters. The fourth-order valence-electron chi connectivity index (χ4n) is 3.88. The fraction of sp³-hybridized carbons (Fsp3) is 0.882. The number of amides is 2. The van der Waals surface area contributed by atoms with E-state index in [4.69, 9.17) is 0 Å². The van der Waals surface area contributed by atoms with Gasteiger partial charge in [-0.05, 0) is 63.2 Å². The Balaban J connectivity index is 1.82. The first-order valence-corrected chi connectivity index (χ1v) is 8.44. The van der Waals surface area contributed by atoms with E-state index in [1.165, 1.54) is 25.7 Å². The zero-order valence-corrected chi connectivity index (χ0v) is 13.7. The van der Waals surface area contributed by atoms with E-state index in [0.717, 1.165) is 18.4 Å². The van der Waals surface area contributed by atoms with E-state index in [1.54, 1.807) is 0 Å². The van der Waals surface area contributed by atoms with Crippen LogP contribution in [0.25, 0.3) is 0 Å². The first-order chi connectivity index (χ1) is 9.81. The second-order valence-corrected chi connectivity index (χ2v) is 8.10. The van der Waals surface area contributed by atoms with Crippen molar-refractivity contribution in [1.82, 2.24) is 10.2 Å². The summed E-state index contributed by atoms with van der Waals surface area (Å²) in [7, 11) is 0. The smallest absolute Gasteiger partial charge is 0.248 e. The molecule has 1 saturated heterocycles. The van der Waals surface area contributed by atoms with Crippen molar-refractivity contribution in [3.8, 4) is 0 Å². The van der Waals surface area contributed by atoms with Gasteiger partial charge in [-0.25, -0.2) is 0 Å². The van der Waals surface area contributed by atoms with Crippen LogP contribution in [0.5, 0.6) is 0 Å². The van der Waals surface area contributed by atoms with Gasteiger partial charge in [0.05, 0.1) is 0 Å². The van der Waals surface area contributed by atoms with Gasteiger partial charge in [0, 0.05) is 6.54 Å². The van der Waals surface area contributed by atoms with Crippen molar-refractivity contribution in [2.24, 2.45) is 23.7 Å². The topological polar surface area (TPSA) is 49.4 Å². The van der Waals surface area contributed by atoms with Crippen molar-refractivity contribution >= 4 is 11.8 Å². The SMILES string of the molecule is CC(C)C1C(=O)NC(C)(C)C(=O)N1CC(C1CC1)C1CC1. The minimum Gasteiger partial charge on any atom is -0.340 e. The summed E-state index contributed by atoms with van der Waals surface area (Å²) in [5, 5.41) is 2.90. The highest BCUT2D eigenvalue weighted by Gasteiger charge is 2.50. The van der Waals surface area contributed by atoms with Gasteiger partial charge in [-0.3, -0.25) is 9.59 Å². The van der Waals surface area contributed by atoms with Gasteiger partial charge in [0.15, 0.2) is 0 Å². The van der Waals surface area contributed by atoms with Gasteiger partial charge in [-0.15, -0.1) is 0 Å². The number of rotatable bonds is 5. The lowest BCUT2D eigenvalue weighted by molar-refractivity contribution is -0.156. The van der Waals surface area contributed by atoms with Crippen molar-refractivity contribution in [1.29, 1.82) is 0 Å². The second-order valence-electron chi connectivity index (χ2n) is 8.10. The highest BCUT2D eigenvalue weighted by atomic mass is 16.2. The van der Waals surface area contributed by atoms with Crippen molar-refractivity contribution < 1.29 is 9.59 Å². The van der Waals surface area contributed by atoms with E-state index in [1.807, 2.05) is 32.6 Å². The zero-order chi connectivity index (χ0) is 15.4. The minimum absolute atomic E-state index is 0.0138. The Morgan fingerprint density at radius 1 is 1.14 bits per heavy atom. The lowest BCUT2D eigenvalue weighted by Gasteiger charge is -2.45. The van der Waals surface area contributed by atoms with Gasteiger partial charge in [-0.2, -0.15) is 0 Å². The molecule has 1 aliphatic heterocycles. The van der Waals surface area contributed by atoms with Crippen LogP contribution in [-0.4, -0.2) is 34.8 Å². The minimum atomic E-state index is -0.764. The Labute approximate surface area is 127 Å². The molecular formula is C17H28N2O2. The second kappa shape index (κ2) is 4.99. The van der Waals surface area contributed by atoms with Gasteiger partial charge in [-0.1, -0.05) is 13.8 Å². The number of hydrogen-bond donors (Lipinski definition) is 1. The average Bonchev–Trinajstić information content (AvgIpc) is 3.24. The van der Waals surface area contributed by atoms with Crippen LogP contribution in [0.15, 0.2) is 0 Å². The van der Waals surface area contributed by atoms with Crippen LogP contribution in [-0.2, 0) is 9.59 Å².